The summed E-state index contributed by atoms with van der Waals surface area (Å²) in [6.07, 6.45) is 7.44. The predicted octanol–water partition coefficient (Wildman–Crippen LogP) is 15.6. The Labute approximate surface area is 414 Å². The molecule has 3 aromatic heterocycles. The van der Waals surface area contributed by atoms with Crippen molar-refractivity contribution in [2.24, 2.45) is 12.5 Å². The summed E-state index contributed by atoms with van der Waals surface area (Å²) >= 11 is 0. The van der Waals surface area contributed by atoms with E-state index >= 15 is 0 Å². The number of benzene rings is 3. The van der Waals surface area contributed by atoms with Gasteiger partial charge in [-0.3, -0.25) is 0 Å². The van der Waals surface area contributed by atoms with Crippen LogP contribution in [0.25, 0.3) is 21.7 Å². The number of nitrogens with one attached hydrogen (secondary N) is 1. The average molecular weight is 932 g/mol. The number of hydrogen-bond acceptors (Lipinski definition) is 7. The van der Waals surface area contributed by atoms with Gasteiger partial charge >= 0.3 is 0 Å². The SMILES string of the molecule is C.C.C.C=C1NC=CC(CO)=C1C(C)(C)C.CC(C)(C)c1ccc2ccccc2c1.Cc1ncnc(CO)c1C(C)(C)C.Cc1noc(C)c1C(C)(C)C.Cn1cc(C(C)(C)C)c2ccccc21. The number of para-hydroxylation sites is 1. The molecule has 7 rings (SSSR count). The number of fused-ring (bicyclic) bond motifs is 2. The number of nitrogens with zero attached hydrogens (tertiary/aromatic N) is 4. The molecule has 1 aliphatic rings. The zero-order valence-corrected chi connectivity index (χ0v) is 43.4. The van der Waals surface area contributed by atoms with Crippen LogP contribution in [-0.4, -0.2) is 36.5 Å². The minimum atomic E-state index is -0.0179. The number of aromatic nitrogens is 4. The van der Waals surface area contributed by atoms with Crippen molar-refractivity contribution in [3.8, 4) is 0 Å². The zero-order valence-electron chi connectivity index (χ0n) is 43.4. The van der Waals surface area contributed by atoms with Gasteiger partial charge in [0.15, 0.2) is 0 Å². The lowest BCUT2D eigenvalue weighted by Crippen LogP contribution is -2.23. The van der Waals surface area contributed by atoms with Crippen molar-refractivity contribution in [2.75, 3.05) is 6.61 Å². The normalized spacial score (nSPS) is 12.6. The van der Waals surface area contributed by atoms with Gasteiger partial charge in [-0.15, -0.1) is 0 Å². The standard InChI is InChI=1S/C14H16.C13H17N.C11H17NO.C10H16N2O.C9H15NO.3CH4/c1-14(2,3)13-9-8-11-6-4-5-7-12(11)10-13;1-13(2,3)11-9-14(4)12-8-6-5-7-10(11)12;1-8-10(11(2,3)4)9(7-13)5-6-12-8;1-7-9(10(2,3)4)8(5-13)12-6-11-7;1-6-8(9(3,4)5)7(2)11-10-6;;;/h4-10H,1-3H3;5-9H,1-4H3;5-6,12-13H,1,7H2,2-4H3;6,13H,5H2,1-4H3;1-5H3;3*1H4. The molecule has 0 saturated carbocycles. The van der Waals surface area contributed by atoms with E-state index in [0.717, 1.165) is 45.2 Å². The fourth-order valence-corrected chi connectivity index (χ4v) is 8.43. The first kappa shape index (κ1) is 62.7. The Morgan fingerprint density at radius 3 is 1.63 bits per heavy atom. The van der Waals surface area contributed by atoms with E-state index in [-0.39, 0.29) is 62.6 Å². The third-order valence-corrected chi connectivity index (χ3v) is 11.2. The van der Waals surface area contributed by atoms with Gasteiger partial charge in [0.05, 0.1) is 24.6 Å². The van der Waals surface area contributed by atoms with Gasteiger partial charge in [0, 0.05) is 52.9 Å². The van der Waals surface area contributed by atoms with Gasteiger partial charge in [0.1, 0.15) is 12.1 Å². The van der Waals surface area contributed by atoms with Crippen LogP contribution >= 0.6 is 0 Å². The minimum Gasteiger partial charge on any atom is -0.392 e. The Morgan fingerprint density at radius 2 is 1.19 bits per heavy atom. The molecule has 6 aromatic rings. The topological polar surface area (TPSA) is 109 Å². The number of rotatable bonds is 2. The Hall–Kier alpha value is -5.31. The summed E-state index contributed by atoms with van der Waals surface area (Å²) in [7, 11) is 2.11. The van der Waals surface area contributed by atoms with Gasteiger partial charge in [-0.25, -0.2) is 9.97 Å². The van der Waals surface area contributed by atoms with Crippen LogP contribution < -0.4 is 5.32 Å². The van der Waals surface area contributed by atoms with Crippen LogP contribution in [0.15, 0.2) is 119 Å². The monoisotopic (exact) mass is 932 g/mol. The van der Waals surface area contributed by atoms with E-state index in [0.29, 0.717) is 0 Å². The molecule has 0 unspecified atom stereocenters. The number of dihydropyridines is 1. The van der Waals surface area contributed by atoms with Crippen molar-refractivity contribution in [1.29, 1.82) is 0 Å². The fourth-order valence-electron chi connectivity index (χ4n) is 8.43. The number of hydrogen-bond donors (Lipinski definition) is 3. The molecule has 0 saturated heterocycles. The highest BCUT2D eigenvalue weighted by Crippen LogP contribution is 2.35. The van der Waals surface area contributed by atoms with Gasteiger partial charge in [-0.05, 0) is 93.0 Å². The van der Waals surface area contributed by atoms with Gasteiger partial charge in [0.2, 0.25) is 0 Å². The van der Waals surface area contributed by atoms with Crippen LogP contribution in [0.2, 0.25) is 0 Å². The van der Waals surface area contributed by atoms with Crippen LogP contribution in [0.5, 0.6) is 0 Å². The van der Waals surface area contributed by atoms with Crippen molar-refractivity contribution in [3.05, 3.63) is 160 Å². The van der Waals surface area contributed by atoms with Crippen molar-refractivity contribution in [3.63, 3.8) is 0 Å². The van der Waals surface area contributed by atoms with Crippen molar-refractivity contribution in [2.45, 2.75) is 175 Å². The highest BCUT2D eigenvalue weighted by molar-refractivity contribution is 5.85. The fraction of sp³-hybridized carbons (Fsp3) is 0.483. The molecular weight excluding hydrogens is 839 g/mol. The third-order valence-electron chi connectivity index (χ3n) is 11.2. The van der Waals surface area contributed by atoms with E-state index < -0.39 is 0 Å². The molecule has 1 aliphatic heterocycles. The number of allylic oxidation sites excluding steroid dienone is 1. The zero-order chi connectivity index (χ0) is 49.3. The van der Waals surface area contributed by atoms with Crippen LogP contribution in [0.3, 0.4) is 0 Å². The molecule has 3 N–H and O–H groups in total. The summed E-state index contributed by atoms with van der Waals surface area (Å²) in [5.41, 5.74) is 12.7. The molecule has 4 heterocycles. The predicted molar refractivity (Wildman–Crippen MR) is 296 cm³/mol. The summed E-state index contributed by atoms with van der Waals surface area (Å²) in [6.45, 7) is 42.5. The molecule has 0 spiro atoms. The number of aliphatic hydroxyl groups excluding tert-OH is 2. The molecule has 0 aliphatic carbocycles. The highest BCUT2D eigenvalue weighted by atomic mass is 16.5. The molecule has 3 aromatic carbocycles. The van der Waals surface area contributed by atoms with E-state index in [4.69, 9.17) is 14.7 Å². The first-order valence-electron chi connectivity index (χ1n) is 22.8. The first-order chi connectivity index (χ1) is 29.9. The Morgan fingerprint density at radius 1 is 0.632 bits per heavy atom. The lowest BCUT2D eigenvalue weighted by molar-refractivity contribution is 0.272. The maximum atomic E-state index is 9.16. The molecular formula is C60H93N5O3. The van der Waals surface area contributed by atoms with Crippen LogP contribution in [0.4, 0.5) is 0 Å². The molecule has 68 heavy (non-hydrogen) atoms. The van der Waals surface area contributed by atoms with Crippen molar-refractivity contribution in [1.82, 2.24) is 25.0 Å². The molecule has 0 bridgehead atoms. The smallest absolute Gasteiger partial charge is 0.137 e. The number of aryl methyl sites for hydroxylation is 4. The van der Waals surface area contributed by atoms with E-state index in [2.05, 4.69) is 215 Å². The molecule has 8 nitrogen and oxygen atoms in total. The summed E-state index contributed by atoms with van der Waals surface area (Å²) in [4.78, 5) is 8.20. The molecule has 0 radical (unpaired) electrons. The second-order valence-electron chi connectivity index (χ2n) is 22.1. The summed E-state index contributed by atoms with van der Waals surface area (Å²) in [5, 5.41) is 29.3. The van der Waals surface area contributed by atoms with Gasteiger partial charge in [-0.2, -0.15) is 0 Å². The Kier molecular flexibility index (Phi) is 23.4. The van der Waals surface area contributed by atoms with E-state index in [1.807, 2.05) is 33.0 Å². The molecule has 8 heteroatoms. The van der Waals surface area contributed by atoms with Gasteiger partial charge in [0.25, 0.3) is 0 Å². The maximum absolute atomic E-state index is 9.16. The van der Waals surface area contributed by atoms with Gasteiger partial charge < -0.3 is 24.6 Å². The minimum absolute atomic E-state index is 0. The van der Waals surface area contributed by atoms with E-state index in [1.54, 1.807) is 0 Å². The second kappa shape index (κ2) is 25.3. The highest BCUT2D eigenvalue weighted by Gasteiger charge is 2.25. The molecule has 0 amide bonds. The summed E-state index contributed by atoms with van der Waals surface area (Å²) in [6, 6.07) is 23.8. The van der Waals surface area contributed by atoms with Crippen LogP contribution in [0, 0.1) is 26.2 Å². The lowest BCUT2D eigenvalue weighted by atomic mass is 9.80. The van der Waals surface area contributed by atoms with Gasteiger partial charge in [-0.1, -0.05) is 199 Å². The van der Waals surface area contributed by atoms with Crippen LogP contribution in [0.1, 0.15) is 171 Å². The summed E-state index contributed by atoms with van der Waals surface area (Å²) < 4.78 is 7.28. The second-order valence-corrected chi connectivity index (χ2v) is 22.1. The average Bonchev–Trinajstić information content (AvgIpc) is 3.74. The third kappa shape index (κ3) is 17.0. The molecule has 0 fully saturated rings. The maximum Gasteiger partial charge on any atom is 0.137 e. The Bertz CT molecular complexity index is 2550. The van der Waals surface area contributed by atoms with E-state index in [9.17, 15) is 0 Å². The largest absolute Gasteiger partial charge is 0.392 e. The molecule has 0 atom stereocenters. The first-order valence-corrected chi connectivity index (χ1v) is 22.8. The van der Waals surface area contributed by atoms with Crippen LogP contribution in [-0.2, 0) is 35.3 Å². The number of aliphatic hydroxyl groups is 2. The van der Waals surface area contributed by atoms with E-state index in [1.165, 1.54) is 44.7 Å². The Balaban J connectivity index is 0.000000818. The van der Waals surface area contributed by atoms with Crippen molar-refractivity contribution >= 4 is 21.7 Å². The van der Waals surface area contributed by atoms with Crippen molar-refractivity contribution < 1.29 is 14.7 Å². The summed E-state index contributed by atoms with van der Waals surface area (Å²) in [5.74, 6) is 0.940. The lowest BCUT2D eigenvalue weighted by Gasteiger charge is -2.29. The molecule has 376 valence electrons. The quantitative estimate of drug-likeness (QED) is 0.159.